The molecule has 0 radical (unpaired) electrons. The number of nitrogens with zero attached hydrogens (tertiary/aromatic N) is 2. The maximum atomic E-state index is 14.5. The normalized spacial score (nSPS) is 31.4. The van der Waals surface area contributed by atoms with Crippen molar-refractivity contribution in [2.75, 3.05) is 26.3 Å². The molecule has 0 saturated carbocycles. The van der Waals surface area contributed by atoms with E-state index in [4.69, 9.17) is 4.74 Å². The van der Waals surface area contributed by atoms with Crippen LogP contribution in [0.15, 0.2) is 25.3 Å². The largest absolute Gasteiger partial charge is 0.465 e. The second kappa shape index (κ2) is 10.2. The summed E-state index contributed by atoms with van der Waals surface area (Å²) < 4.78 is 4.37. The summed E-state index contributed by atoms with van der Waals surface area (Å²) in [4.78, 5) is 45.1. The van der Waals surface area contributed by atoms with Gasteiger partial charge in [-0.15, -0.1) is 24.9 Å². The minimum atomic E-state index is -0.751. The van der Waals surface area contributed by atoms with Crippen LogP contribution in [0.1, 0.15) is 67.2 Å². The number of carbonyl (C=O) groups excluding carboxylic acids is 3. The summed E-state index contributed by atoms with van der Waals surface area (Å²) in [5, 5.41) is 9.86. The smallest absolute Gasteiger partial charge is 0.311 e. The minimum absolute atomic E-state index is 0.0192. The predicted octanol–water partition coefficient (Wildman–Crippen LogP) is 3.81. The van der Waals surface area contributed by atoms with Gasteiger partial charge in [0.15, 0.2) is 0 Å². The van der Waals surface area contributed by atoms with Gasteiger partial charge in [-0.05, 0) is 51.9 Å². The first-order chi connectivity index (χ1) is 16.7. The molecule has 5 atom stereocenters. The lowest BCUT2D eigenvalue weighted by Gasteiger charge is -2.45. The van der Waals surface area contributed by atoms with Crippen LogP contribution >= 0.6 is 11.8 Å². The van der Waals surface area contributed by atoms with Crippen LogP contribution in [-0.2, 0) is 19.1 Å². The second-order valence-electron chi connectivity index (χ2n) is 12.5. The highest BCUT2D eigenvalue weighted by Gasteiger charge is 2.77. The molecule has 2 amide bonds. The van der Waals surface area contributed by atoms with E-state index in [-0.39, 0.29) is 43.0 Å². The Morgan fingerprint density at radius 2 is 1.89 bits per heavy atom. The number of β-amino-alcohol motifs (C(OH)–C–C–N with tert-alkyl or cyclic N) is 1. The molecule has 0 aromatic carbocycles. The molecule has 0 aromatic rings. The van der Waals surface area contributed by atoms with Crippen molar-refractivity contribution in [1.82, 2.24) is 9.80 Å². The van der Waals surface area contributed by atoms with Gasteiger partial charge in [0.25, 0.3) is 0 Å². The zero-order valence-electron chi connectivity index (χ0n) is 22.8. The van der Waals surface area contributed by atoms with Crippen LogP contribution < -0.4 is 0 Å². The molecular weight excluding hydrogens is 476 g/mol. The molecule has 3 fully saturated rings. The van der Waals surface area contributed by atoms with Crippen LogP contribution in [0.4, 0.5) is 0 Å². The number of hydrogen-bond acceptors (Lipinski definition) is 6. The number of ether oxygens (including phenoxy) is 1. The van der Waals surface area contributed by atoms with Crippen molar-refractivity contribution >= 4 is 29.5 Å². The average molecular weight is 521 g/mol. The molecule has 3 aliphatic rings. The molecular formula is C28H44N2O5S. The molecule has 3 heterocycles. The number of likely N-dealkylation sites (tertiary alicyclic amines) is 1. The van der Waals surface area contributed by atoms with Gasteiger partial charge in [-0.1, -0.05) is 32.9 Å². The van der Waals surface area contributed by atoms with Crippen LogP contribution in [0.3, 0.4) is 0 Å². The first-order valence-electron chi connectivity index (χ1n) is 13.0. The number of amides is 2. The molecule has 0 aliphatic carbocycles. The predicted molar refractivity (Wildman–Crippen MR) is 143 cm³/mol. The quantitative estimate of drug-likeness (QED) is 0.253. The number of aliphatic hydroxyl groups excluding tert-OH is 1. The molecule has 7 nitrogen and oxygen atoms in total. The van der Waals surface area contributed by atoms with Gasteiger partial charge in [-0.2, -0.15) is 0 Å². The van der Waals surface area contributed by atoms with Gasteiger partial charge >= 0.3 is 5.97 Å². The van der Waals surface area contributed by atoms with Crippen molar-refractivity contribution in [2.45, 2.75) is 88.3 Å². The third kappa shape index (κ3) is 4.87. The van der Waals surface area contributed by atoms with Gasteiger partial charge in [0.1, 0.15) is 6.04 Å². The highest BCUT2D eigenvalue weighted by atomic mass is 32.2. The third-order valence-electron chi connectivity index (χ3n) is 7.94. The molecule has 3 saturated heterocycles. The van der Waals surface area contributed by atoms with Crippen molar-refractivity contribution in [1.29, 1.82) is 0 Å². The Bertz CT molecular complexity index is 912. The zero-order chi connectivity index (χ0) is 27.1. The fourth-order valence-electron chi connectivity index (χ4n) is 7.05. The Labute approximate surface area is 220 Å². The summed E-state index contributed by atoms with van der Waals surface area (Å²) in [6.45, 7) is 20.6. The summed E-state index contributed by atoms with van der Waals surface area (Å²) in [6.07, 6.45) is 6.12. The van der Waals surface area contributed by atoms with Crippen LogP contribution in [0.25, 0.3) is 0 Å². The van der Waals surface area contributed by atoms with E-state index in [0.29, 0.717) is 19.4 Å². The fourth-order valence-corrected chi connectivity index (χ4v) is 9.39. The molecule has 2 unspecified atom stereocenters. The van der Waals surface area contributed by atoms with Gasteiger partial charge in [0.05, 0.1) is 29.8 Å². The number of thioether (sulfide) groups is 1. The van der Waals surface area contributed by atoms with E-state index in [2.05, 4.69) is 47.8 Å². The summed E-state index contributed by atoms with van der Waals surface area (Å²) in [6, 6.07) is -0.751. The summed E-state index contributed by atoms with van der Waals surface area (Å²) in [5.74, 6) is -2.00. The van der Waals surface area contributed by atoms with E-state index in [1.165, 1.54) is 4.90 Å². The van der Waals surface area contributed by atoms with Gasteiger partial charge in [-0.3, -0.25) is 14.4 Å². The Morgan fingerprint density at radius 1 is 1.22 bits per heavy atom. The highest BCUT2D eigenvalue weighted by Crippen LogP contribution is 2.71. The van der Waals surface area contributed by atoms with Gasteiger partial charge < -0.3 is 19.6 Å². The van der Waals surface area contributed by atoms with E-state index in [1.54, 1.807) is 23.9 Å². The number of hydrogen-bond donors (Lipinski definition) is 1. The maximum absolute atomic E-state index is 14.5. The molecule has 2 bridgehead atoms. The summed E-state index contributed by atoms with van der Waals surface area (Å²) >= 11 is 1.62. The first-order valence-corrected chi connectivity index (χ1v) is 13.8. The topological polar surface area (TPSA) is 87.1 Å². The van der Waals surface area contributed by atoms with Crippen molar-refractivity contribution < 1.29 is 24.2 Å². The zero-order valence-corrected chi connectivity index (χ0v) is 23.7. The molecule has 202 valence electrons. The Balaban J connectivity index is 2.05. The number of fused-ring (bicyclic) bond motifs is 1. The molecule has 3 rings (SSSR count). The average Bonchev–Trinajstić information content (AvgIpc) is 3.31. The van der Waals surface area contributed by atoms with Crippen LogP contribution in [-0.4, -0.2) is 80.1 Å². The molecule has 1 spiro atoms. The number of rotatable bonds is 11. The van der Waals surface area contributed by atoms with Gasteiger partial charge in [-0.25, -0.2) is 0 Å². The lowest BCUT2D eigenvalue weighted by atomic mass is 9.66. The fraction of sp³-hybridized carbons (Fsp3) is 0.750. The molecule has 3 aliphatic heterocycles. The summed E-state index contributed by atoms with van der Waals surface area (Å²) in [5.41, 5.74) is -0.505. The second-order valence-corrected chi connectivity index (χ2v) is 14.4. The molecule has 36 heavy (non-hydrogen) atoms. The van der Waals surface area contributed by atoms with E-state index in [9.17, 15) is 19.5 Å². The van der Waals surface area contributed by atoms with Crippen LogP contribution in [0.2, 0.25) is 0 Å². The maximum Gasteiger partial charge on any atom is 0.311 e. The number of carbonyl (C=O) groups is 3. The molecule has 1 N–H and O–H groups in total. The Kier molecular flexibility index (Phi) is 8.12. The molecule has 8 heteroatoms. The monoisotopic (exact) mass is 520 g/mol. The lowest BCUT2D eigenvalue weighted by molar-refractivity contribution is -0.155. The number of aliphatic hydroxyl groups is 1. The van der Waals surface area contributed by atoms with Crippen molar-refractivity contribution in [3.05, 3.63) is 25.3 Å². The Morgan fingerprint density at radius 3 is 2.44 bits per heavy atom. The van der Waals surface area contributed by atoms with Crippen molar-refractivity contribution in [2.24, 2.45) is 17.3 Å². The van der Waals surface area contributed by atoms with Crippen LogP contribution in [0.5, 0.6) is 0 Å². The third-order valence-corrected chi connectivity index (χ3v) is 9.93. The van der Waals surface area contributed by atoms with Gasteiger partial charge in [0.2, 0.25) is 11.8 Å². The molecule has 0 aromatic heterocycles. The van der Waals surface area contributed by atoms with Gasteiger partial charge in [0, 0.05) is 23.4 Å². The number of esters is 1. The van der Waals surface area contributed by atoms with E-state index >= 15 is 0 Å². The van der Waals surface area contributed by atoms with E-state index in [0.717, 1.165) is 12.8 Å². The Hall–Kier alpha value is -1.80. The van der Waals surface area contributed by atoms with E-state index < -0.39 is 32.9 Å². The standard InChI is InChI=1S/C28H44N2O5S/c1-9-11-17-35-24(34)20-19-22(32)29(15-16-31)21(28(19)13-12-27(20,8)36-28)23(33)30(14-10-2)26(6,7)18-25(3,4)5/h9-10,19-21,31H,1-2,11-18H2,3-8H3/t19-,20+,21?,27-,28?/m0/s1. The van der Waals surface area contributed by atoms with Crippen molar-refractivity contribution in [3.8, 4) is 0 Å². The summed E-state index contributed by atoms with van der Waals surface area (Å²) in [7, 11) is 0. The lowest BCUT2D eigenvalue weighted by Crippen LogP contribution is -2.60. The van der Waals surface area contributed by atoms with E-state index in [1.807, 2.05) is 11.8 Å². The minimum Gasteiger partial charge on any atom is -0.465 e. The SMILES string of the molecule is C=CCCOC(=O)[C@H]1[C@H]2C(=O)N(CCO)C(C(=O)N(CC=C)C(C)(C)CC(C)(C)C)C23CC[C@]1(C)S3. The highest BCUT2D eigenvalue weighted by molar-refractivity contribution is 8.02. The van der Waals surface area contributed by atoms with Crippen LogP contribution in [0, 0.1) is 17.3 Å². The van der Waals surface area contributed by atoms with Crippen molar-refractivity contribution in [3.63, 3.8) is 0 Å². The first kappa shape index (κ1) is 28.8.